The summed E-state index contributed by atoms with van der Waals surface area (Å²) in [6, 6.07) is 4.46. The van der Waals surface area contributed by atoms with Crippen molar-refractivity contribution in [2.75, 3.05) is 6.54 Å². The number of likely N-dealkylation sites (N-methyl/N-ethyl adjacent to an activating group) is 1. The number of halogens is 1. The number of nitrogens with one attached hydrogen (secondary N) is 1. The predicted molar refractivity (Wildman–Crippen MR) is 75.6 cm³/mol. The molecule has 0 aliphatic heterocycles. The van der Waals surface area contributed by atoms with E-state index in [0.29, 0.717) is 0 Å². The van der Waals surface area contributed by atoms with Crippen molar-refractivity contribution in [2.45, 2.75) is 26.3 Å². The zero-order valence-corrected chi connectivity index (χ0v) is 12.4. The van der Waals surface area contributed by atoms with Crippen LogP contribution >= 0.6 is 27.3 Å². The summed E-state index contributed by atoms with van der Waals surface area (Å²) >= 11 is 5.27. The molecule has 92 valence electrons. The van der Waals surface area contributed by atoms with Crippen LogP contribution in [0.4, 0.5) is 0 Å². The molecule has 0 saturated carbocycles. The van der Waals surface area contributed by atoms with Gasteiger partial charge in [-0.25, -0.2) is 0 Å². The third-order valence-electron chi connectivity index (χ3n) is 2.70. The normalized spacial score (nSPS) is 12.9. The van der Waals surface area contributed by atoms with Crippen molar-refractivity contribution in [3.05, 3.63) is 44.4 Å². The Morgan fingerprint density at radius 3 is 2.88 bits per heavy atom. The molecule has 0 aromatic carbocycles. The average molecular weight is 314 g/mol. The maximum absolute atomic E-state index is 5.59. The Labute approximate surface area is 114 Å². The average Bonchev–Trinajstić information content (AvgIpc) is 2.87. The lowest BCUT2D eigenvalue weighted by Gasteiger charge is -2.15. The molecule has 1 atom stereocenters. The van der Waals surface area contributed by atoms with Crippen LogP contribution in [0.2, 0.25) is 0 Å². The third kappa shape index (κ3) is 3.21. The number of furan rings is 1. The first-order valence-corrected chi connectivity index (χ1v) is 7.38. The van der Waals surface area contributed by atoms with Crippen LogP contribution in [0.15, 0.2) is 32.7 Å². The van der Waals surface area contributed by atoms with Gasteiger partial charge in [0.25, 0.3) is 0 Å². The second-order valence-corrected chi connectivity index (χ2v) is 5.92. The van der Waals surface area contributed by atoms with E-state index >= 15 is 0 Å². The Kier molecular flexibility index (Phi) is 4.42. The van der Waals surface area contributed by atoms with E-state index in [1.807, 2.05) is 6.07 Å². The van der Waals surface area contributed by atoms with Gasteiger partial charge in [0.15, 0.2) is 0 Å². The molecule has 17 heavy (non-hydrogen) atoms. The van der Waals surface area contributed by atoms with E-state index < -0.39 is 0 Å². The summed E-state index contributed by atoms with van der Waals surface area (Å²) in [6.45, 7) is 5.15. The van der Waals surface area contributed by atoms with Crippen molar-refractivity contribution in [1.29, 1.82) is 0 Å². The first kappa shape index (κ1) is 12.9. The zero-order valence-electron chi connectivity index (χ0n) is 10.00. The molecule has 0 radical (unpaired) electrons. The Morgan fingerprint density at radius 2 is 2.35 bits per heavy atom. The van der Waals surface area contributed by atoms with E-state index in [9.17, 15) is 0 Å². The van der Waals surface area contributed by atoms with Crippen molar-refractivity contribution < 1.29 is 4.42 Å². The van der Waals surface area contributed by atoms with Gasteiger partial charge in [0.1, 0.15) is 5.76 Å². The summed E-state index contributed by atoms with van der Waals surface area (Å²) in [6.07, 6.45) is 2.73. The lowest BCUT2D eigenvalue weighted by atomic mass is 10.1. The molecule has 0 aliphatic rings. The number of thiophene rings is 1. The first-order chi connectivity index (χ1) is 8.20. The van der Waals surface area contributed by atoms with Crippen LogP contribution in [-0.4, -0.2) is 6.54 Å². The lowest BCUT2D eigenvalue weighted by Crippen LogP contribution is -2.22. The Balaban J connectivity index is 2.15. The predicted octanol–water partition coefficient (Wildman–Crippen LogP) is 4.31. The molecule has 2 heterocycles. The highest BCUT2D eigenvalue weighted by molar-refractivity contribution is 9.10. The van der Waals surface area contributed by atoms with Crippen molar-refractivity contribution in [2.24, 2.45) is 0 Å². The van der Waals surface area contributed by atoms with Gasteiger partial charge in [0.2, 0.25) is 0 Å². The number of hydrogen-bond acceptors (Lipinski definition) is 3. The summed E-state index contributed by atoms with van der Waals surface area (Å²) in [5.41, 5.74) is 1.21. The second-order valence-electron chi connectivity index (χ2n) is 4.01. The van der Waals surface area contributed by atoms with Crippen LogP contribution in [0.5, 0.6) is 0 Å². The highest BCUT2D eigenvalue weighted by Crippen LogP contribution is 2.27. The van der Waals surface area contributed by atoms with E-state index in [0.717, 1.165) is 23.2 Å². The first-order valence-electron chi connectivity index (χ1n) is 5.71. The number of aryl methyl sites for hydroxylation is 1. The second kappa shape index (κ2) is 5.85. The van der Waals surface area contributed by atoms with Crippen molar-refractivity contribution in [3.63, 3.8) is 0 Å². The summed E-state index contributed by atoms with van der Waals surface area (Å²) in [7, 11) is 0. The fourth-order valence-corrected chi connectivity index (χ4v) is 3.41. The van der Waals surface area contributed by atoms with Gasteiger partial charge in [-0.1, -0.05) is 6.92 Å². The van der Waals surface area contributed by atoms with Gasteiger partial charge >= 0.3 is 0 Å². The van der Waals surface area contributed by atoms with Crippen LogP contribution < -0.4 is 5.32 Å². The molecule has 2 nitrogen and oxygen atoms in total. The van der Waals surface area contributed by atoms with E-state index in [1.54, 1.807) is 17.6 Å². The number of hydrogen-bond donors (Lipinski definition) is 1. The minimum atomic E-state index is 0.264. The molecule has 0 saturated heterocycles. The highest BCUT2D eigenvalue weighted by atomic mass is 79.9. The standard InChI is InChI=1S/C13H16BrNOS/c1-3-15-12(13-9(2)4-5-16-13)7-11-6-10(14)8-17-11/h4-6,8,12,15H,3,7H2,1-2H3. The minimum Gasteiger partial charge on any atom is -0.467 e. The molecule has 0 amide bonds. The van der Waals surface area contributed by atoms with Crippen molar-refractivity contribution in [1.82, 2.24) is 5.32 Å². The third-order valence-corrected chi connectivity index (χ3v) is 4.42. The summed E-state index contributed by atoms with van der Waals surface area (Å²) in [5.74, 6) is 1.05. The van der Waals surface area contributed by atoms with E-state index in [1.165, 1.54) is 10.4 Å². The highest BCUT2D eigenvalue weighted by Gasteiger charge is 2.17. The van der Waals surface area contributed by atoms with E-state index in [4.69, 9.17) is 4.42 Å². The monoisotopic (exact) mass is 313 g/mol. The molecule has 4 heteroatoms. The molecule has 0 bridgehead atoms. The minimum absolute atomic E-state index is 0.264. The molecule has 0 aliphatic carbocycles. The summed E-state index contributed by atoms with van der Waals surface area (Å²) < 4.78 is 6.74. The maximum atomic E-state index is 5.59. The van der Waals surface area contributed by atoms with Crippen molar-refractivity contribution >= 4 is 27.3 Å². The van der Waals surface area contributed by atoms with Gasteiger partial charge < -0.3 is 9.73 Å². The Morgan fingerprint density at radius 1 is 1.53 bits per heavy atom. The molecule has 0 spiro atoms. The molecule has 2 aromatic heterocycles. The molecule has 0 fully saturated rings. The lowest BCUT2D eigenvalue weighted by molar-refractivity contribution is 0.415. The van der Waals surface area contributed by atoms with Gasteiger partial charge in [0.05, 0.1) is 12.3 Å². The van der Waals surface area contributed by atoms with Gasteiger partial charge in [-0.2, -0.15) is 0 Å². The Bertz CT molecular complexity index is 477. The van der Waals surface area contributed by atoms with Crippen molar-refractivity contribution in [3.8, 4) is 0 Å². The molecular formula is C13H16BrNOS. The molecule has 2 aromatic rings. The fourth-order valence-electron chi connectivity index (χ4n) is 1.91. The van der Waals surface area contributed by atoms with Crippen LogP contribution in [0.3, 0.4) is 0 Å². The molecule has 1 N–H and O–H groups in total. The fraction of sp³-hybridized carbons (Fsp3) is 0.385. The van der Waals surface area contributed by atoms with E-state index in [-0.39, 0.29) is 6.04 Å². The van der Waals surface area contributed by atoms with Crippen LogP contribution in [0, 0.1) is 6.92 Å². The maximum Gasteiger partial charge on any atom is 0.123 e. The van der Waals surface area contributed by atoms with Gasteiger partial charge in [-0.05, 0) is 47.1 Å². The Hall–Kier alpha value is -0.580. The van der Waals surface area contributed by atoms with Crippen LogP contribution in [0.25, 0.3) is 0 Å². The van der Waals surface area contributed by atoms with Crippen LogP contribution in [-0.2, 0) is 6.42 Å². The SMILES string of the molecule is CCNC(Cc1cc(Br)cs1)c1occc1C. The quantitative estimate of drug-likeness (QED) is 0.890. The van der Waals surface area contributed by atoms with Gasteiger partial charge in [-0.3, -0.25) is 0 Å². The summed E-state index contributed by atoms with van der Waals surface area (Å²) in [5, 5.41) is 5.60. The number of rotatable bonds is 5. The molecule has 2 rings (SSSR count). The van der Waals surface area contributed by atoms with Gasteiger partial charge in [0, 0.05) is 21.2 Å². The molecular weight excluding hydrogens is 298 g/mol. The van der Waals surface area contributed by atoms with Gasteiger partial charge in [-0.15, -0.1) is 11.3 Å². The zero-order chi connectivity index (χ0) is 12.3. The smallest absolute Gasteiger partial charge is 0.123 e. The van der Waals surface area contributed by atoms with Crippen LogP contribution in [0.1, 0.15) is 29.2 Å². The topological polar surface area (TPSA) is 25.2 Å². The summed E-state index contributed by atoms with van der Waals surface area (Å²) in [4.78, 5) is 1.36. The molecule has 1 unspecified atom stereocenters. The largest absolute Gasteiger partial charge is 0.467 e. The van der Waals surface area contributed by atoms with E-state index in [2.05, 4.69) is 46.5 Å².